The number of carbonyl (C=O) groups excluding carboxylic acids is 3. The van der Waals surface area contributed by atoms with Crippen LogP contribution in [0.5, 0.6) is 0 Å². The van der Waals surface area contributed by atoms with Gasteiger partial charge in [0.15, 0.2) is 0 Å². The molecule has 27 heavy (non-hydrogen) atoms. The van der Waals surface area contributed by atoms with Gasteiger partial charge in [0.05, 0.1) is 0 Å². The number of benzene rings is 1. The van der Waals surface area contributed by atoms with Gasteiger partial charge in [-0.15, -0.1) is 0 Å². The first-order valence-corrected chi connectivity index (χ1v) is 8.96. The normalized spacial score (nSPS) is 15.0. The van der Waals surface area contributed by atoms with Crippen LogP contribution in [-0.2, 0) is 9.53 Å². The molecule has 1 N–H and O–H groups in total. The van der Waals surface area contributed by atoms with Crippen molar-refractivity contribution in [1.29, 1.82) is 0 Å². The van der Waals surface area contributed by atoms with E-state index >= 15 is 0 Å². The van der Waals surface area contributed by atoms with E-state index in [-0.39, 0.29) is 17.9 Å². The Morgan fingerprint density at radius 1 is 1.00 bits per heavy atom. The third-order valence-corrected chi connectivity index (χ3v) is 4.06. The Balaban J connectivity index is 1.86. The summed E-state index contributed by atoms with van der Waals surface area (Å²) in [5.41, 5.74) is 0.878. The smallest absolute Gasteiger partial charge is 0.410 e. The minimum Gasteiger partial charge on any atom is -0.444 e. The van der Waals surface area contributed by atoms with Gasteiger partial charge in [-0.1, -0.05) is 12.1 Å². The van der Waals surface area contributed by atoms with Crippen molar-refractivity contribution in [3.8, 4) is 0 Å². The molecule has 0 unspecified atom stereocenters. The number of hydrogen-bond donors (Lipinski definition) is 1. The number of piperazine rings is 1. The molecular weight excluding hydrogens is 346 g/mol. The standard InChI is InChI=1S/C20H27N3O4/c1-20(2,3)27-19(26)23-13-11-22(12-14-23)17(24)10-7-15-5-8-16(9-6-15)18(25)21-4/h5-10H,11-14H2,1-4H3,(H,21,25)/b10-7+. The van der Waals surface area contributed by atoms with Crippen LogP contribution in [-0.4, -0.2) is 66.5 Å². The lowest BCUT2D eigenvalue weighted by Gasteiger charge is -2.35. The summed E-state index contributed by atoms with van der Waals surface area (Å²) in [6.07, 6.45) is 2.88. The van der Waals surface area contributed by atoms with Crippen LogP contribution < -0.4 is 5.32 Å². The fourth-order valence-electron chi connectivity index (χ4n) is 2.60. The van der Waals surface area contributed by atoms with Crippen LogP contribution in [0.3, 0.4) is 0 Å². The van der Waals surface area contributed by atoms with Gasteiger partial charge in [0.25, 0.3) is 5.91 Å². The number of ether oxygens (including phenoxy) is 1. The quantitative estimate of drug-likeness (QED) is 0.824. The van der Waals surface area contributed by atoms with Gasteiger partial charge in [0.1, 0.15) is 5.60 Å². The summed E-state index contributed by atoms with van der Waals surface area (Å²) in [5.74, 6) is -0.251. The maximum absolute atomic E-state index is 12.3. The molecule has 0 bridgehead atoms. The number of amides is 3. The van der Waals surface area contributed by atoms with Gasteiger partial charge in [-0.2, -0.15) is 0 Å². The average Bonchev–Trinajstić information content (AvgIpc) is 2.64. The van der Waals surface area contributed by atoms with E-state index in [1.54, 1.807) is 47.2 Å². The molecule has 7 heteroatoms. The van der Waals surface area contributed by atoms with Crippen LogP contribution in [0.1, 0.15) is 36.7 Å². The van der Waals surface area contributed by atoms with Crippen LogP contribution in [0.25, 0.3) is 6.08 Å². The SMILES string of the molecule is CNC(=O)c1ccc(/C=C/C(=O)N2CCN(C(=O)OC(C)(C)C)CC2)cc1. The van der Waals surface area contributed by atoms with E-state index in [9.17, 15) is 14.4 Å². The molecule has 1 aliphatic rings. The van der Waals surface area contributed by atoms with Crippen LogP contribution in [0.15, 0.2) is 30.3 Å². The van der Waals surface area contributed by atoms with Crippen molar-refractivity contribution in [2.75, 3.05) is 33.2 Å². The molecule has 1 saturated heterocycles. The van der Waals surface area contributed by atoms with Gasteiger partial charge in [-0.25, -0.2) is 4.79 Å². The lowest BCUT2D eigenvalue weighted by atomic mass is 10.1. The van der Waals surface area contributed by atoms with Crippen molar-refractivity contribution in [3.05, 3.63) is 41.5 Å². The van der Waals surface area contributed by atoms with Crippen molar-refractivity contribution < 1.29 is 19.1 Å². The van der Waals surface area contributed by atoms with E-state index in [0.29, 0.717) is 31.7 Å². The maximum atomic E-state index is 12.3. The Bertz CT molecular complexity index is 712. The predicted octanol–water partition coefficient (Wildman–Crippen LogP) is 2.14. The topological polar surface area (TPSA) is 79.0 Å². The number of nitrogens with zero attached hydrogens (tertiary/aromatic N) is 2. The minimum atomic E-state index is -0.528. The van der Waals surface area contributed by atoms with E-state index in [1.807, 2.05) is 20.8 Å². The summed E-state index contributed by atoms with van der Waals surface area (Å²) in [4.78, 5) is 39.2. The van der Waals surface area contributed by atoms with Gasteiger partial charge in [-0.3, -0.25) is 9.59 Å². The van der Waals surface area contributed by atoms with Crippen molar-refractivity contribution in [3.63, 3.8) is 0 Å². The van der Waals surface area contributed by atoms with Gasteiger partial charge >= 0.3 is 6.09 Å². The van der Waals surface area contributed by atoms with Gasteiger partial charge < -0.3 is 19.9 Å². The van der Waals surface area contributed by atoms with E-state index in [1.165, 1.54) is 6.08 Å². The zero-order valence-electron chi connectivity index (χ0n) is 16.3. The highest BCUT2D eigenvalue weighted by Crippen LogP contribution is 2.12. The van der Waals surface area contributed by atoms with Crippen molar-refractivity contribution in [2.45, 2.75) is 26.4 Å². The first-order chi connectivity index (χ1) is 12.7. The highest BCUT2D eigenvalue weighted by atomic mass is 16.6. The fourth-order valence-corrected chi connectivity index (χ4v) is 2.60. The number of carbonyl (C=O) groups is 3. The van der Waals surface area contributed by atoms with Gasteiger partial charge in [-0.05, 0) is 44.5 Å². The molecule has 0 atom stereocenters. The molecule has 1 heterocycles. The monoisotopic (exact) mass is 373 g/mol. The van der Waals surface area contributed by atoms with Crippen LogP contribution in [0.2, 0.25) is 0 Å². The zero-order valence-corrected chi connectivity index (χ0v) is 16.3. The second-order valence-corrected chi connectivity index (χ2v) is 7.33. The van der Waals surface area contributed by atoms with Crippen LogP contribution in [0, 0.1) is 0 Å². The summed E-state index contributed by atoms with van der Waals surface area (Å²) >= 11 is 0. The molecule has 1 fully saturated rings. The third-order valence-electron chi connectivity index (χ3n) is 4.06. The second kappa shape index (κ2) is 8.70. The van der Waals surface area contributed by atoms with Crippen LogP contribution in [0.4, 0.5) is 4.79 Å². The molecule has 0 spiro atoms. The lowest BCUT2D eigenvalue weighted by molar-refractivity contribution is -0.127. The Hall–Kier alpha value is -2.83. The zero-order chi connectivity index (χ0) is 20.0. The van der Waals surface area contributed by atoms with Crippen LogP contribution >= 0.6 is 0 Å². The molecule has 7 nitrogen and oxygen atoms in total. The van der Waals surface area contributed by atoms with Crippen molar-refractivity contribution >= 4 is 24.0 Å². The average molecular weight is 373 g/mol. The van der Waals surface area contributed by atoms with Crippen molar-refractivity contribution in [2.24, 2.45) is 0 Å². The first-order valence-electron chi connectivity index (χ1n) is 8.96. The molecule has 0 saturated carbocycles. The molecule has 146 valence electrons. The summed E-state index contributed by atoms with van der Waals surface area (Å²) in [6.45, 7) is 7.34. The lowest BCUT2D eigenvalue weighted by Crippen LogP contribution is -2.51. The Morgan fingerprint density at radius 2 is 1.56 bits per heavy atom. The van der Waals surface area contributed by atoms with Gasteiger partial charge in [0, 0.05) is 44.9 Å². The van der Waals surface area contributed by atoms with E-state index in [2.05, 4.69) is 5.32 Å². The van der Waals surface area contributed by atoms with E-state index < -0.39 is 5.60 Å². The summed E-state index contributed by atoms with van der Waals surface area (Å²) in [7, 11) is 1.58. The summed E-state index contributed by atoms with van der Waals surface area (Å²) < 4.78 is 5.35. The Kier molecular flexibility index (Phi) is 6.60. The highest BCUT2D eigenvalue weighted by molar-refractivity contribution is 5.95. The van der Waals surface area contributed by atoms with E-state index in [0.717, 1.165) is 5.56 Å². The third kappa shape index (κ3) is 6.13. The molecule has 0 aromatic heterocycles. The molecule has 1 aromatic rings. The summed E-state index contributed by atoms with van der Waals surface area (Å²) in [5, 5.41) is 2.56. The largest absolute Gasteiger partial charge is 0.444 e. The molecule has 2 rings (SSSR count). The molecule has 0 aliphatic carbocycles. The minimum absolute atomic E-state index is 0.103. The predicted molar refractivity (Wildman–Crippen MR) is 103 cm³/mol. The number of rotatable bonds is 3. The number of hydrogen-bond acceptors (Lipinski definition) is 4. The molecule has 0 radical (unpaired) electrons. The van der Waals surface area contributed by atoms with Gasteiger partial charge in [0.2, 0.25) is 5.91 Å². The fraction of sp³-hybridized carbons (Fsp3) is 0.450. The molecule has 3 amide bonds. The van der Waals surface area contributed by atoms with E-state index in [4.69, 9.17) is 4.74 Å². The molecule has 1 aliphatic heterocycles. The second-order valence-electron chi connectivity index (χ2n) is 7.33. The number of nitrogens with one attached hydrogen (secondary N) is 1. The highest BCUT2D eigenvalue weighted by Gasteiger charge is 2.26. The molecule has 1 aromatic carbocycles. The molecular formula is C20H27N3O4. The Morgan fingerprint density at radius 3 is 2.07 bits per heavy atom. The van der Waals surface area contributed by atoms with Crippen molar-refractivity contribution in [1.82, 2.24) is 15.1 Å². The Labute approximate surface area is 160 Å². The maximum Gasteiger partial charge on any atom is 0.410 e. The first kappa shape index (κ1) is 20.5. The summed E-state index contributed by atoms with van der Waals surface area (Å²) in [6, 6.07) is 6.99.